The Bertz CT molecular complexity index is 489. The number of halogens is 1. The third-order valence-corrected chi connectivity index (χ3v) is 3.69. The lowest BCUT2D eigenvalue weighted by molar-refractivity contribution is 0.0742. The van der Waals surface area contributed by atoms with Crippen LogP contribution in [0.25, 0.3) is 0 Å². The molecule has 0 spiro atoms. The summed E-state index contributed by atoms with van der Waals surface area (Å²) in [7, 11) is 1.86. The summed E-state index contributed by atoms with van der Waals surface area (Å²) >= 11 is 0. The minimum Gasteiger partial charge on any atom is -0.486 e. The van der Waals surface area contributed by atoms with E-state index in [0.717, 1.165) is 19.5 Å². The molecule has 1 aromatic carbocycles. The Morgan fingerprint density at radius 3 is 2.75 bits per heavy atom. The van der Waals surface area contributed by atoms with Crippen LogP contribution < -0.4 is 14.8 Å². The predicted octanol–water partition coefficient (Wildman–Crippen LogP) is 1.31. The van der Waals surface area contributed by atoms with E-state index in [1.54, 1.807) is 12.1 Å². The molecule has 1 aromatic rings. The average Bonchev–Trinajstić information content (AvgIpc) is 2.99. The van der Waals surface area contributed by atoms with Crippen molar-refractivity contribution >= 4 is 18.3 Å². The normalized spacial score (nSPS) is 20.1. The van der Waals surface area contributed by atoms with Crippen molar-refractivity contribution in [2.24, 2.45) is 0 Å². The molecule has 1 fully saturated rings. The zero-order valence-corrected chi connectivity index (χ0v) is 12.2. The molecule has 2 heterocycles. The van der Waals surface area contributed by atoms with E-state index >= 15 is 0 Å². The van der Waals surface area contributed by atoms with Gasteiger partial charge in [-0.3, -0.25) is 4.79 Å². The topological polar surface area (TPSA) is 50.8 Å². The van der Waals surface area contributed by atoms with Crippen LogP contribution in [0.3, 0.4) is 0 Å². The highest BCUT2D eigenvalue weighted by Gasteiger charge is 2.25. The summed E-state index contributed by atoms with van der Waals surface area (Å²) < 4.78 is 11.0. The molecule has 1 atom stereocenters. The maximum atomic E-state index is 12.4. The van der Waals surface area contributed by atoms with Crippen LogP contribution in [0, 0.1) is 0 Å². The standard InChI is InChI=1S/C14H18N2O3.ClH/c1-16(11-4-5-15-9-11)14(17)10-2-3-12-13(8-10)19-7-6-18-12;/h2-3,8,11,15H,4-7,9H2,1H3;1H/t11-;/m0./s1. The Hall–Kier alpha value is -1.46. The molecule has 5 nitrogen and oxygen atoms in total. The highest BCUT2D eigenvalue weighted by Crippen LogP contribution is 2.31. The Balaban J connectivity index is 0.00000147. The van der Waals surface area contributed by atoms with E-state index in [4.69, 9.17) is 9.47 Å². The molecular weight excluding hydrogens is 280 g/mol. The molecular formula is C14H19ClN2O3. The number of likely N-dealkylation sites (N-methyl/N-ethyl adjacent to an activating group) is 1. The van der Waals surface area contributed by atoms with Crippen LogP contribution in [0.4, 0.5) is 0 Å². The van der Waals surface area contributed by atoms with Gasteiger partial charge in [-0.15, -0.1) is 12.4 Å². The van der Waals surface area contributed by atoms with Gasteiger partial charge >= 0.3 is 0 Å². The number of fused-ring (bicyclic) bond motifs is 1. The average molecular weight is 299 g/mol. The molecule has 0 radical (unpaired) electrons. The summed E-state index contributed by atoms with van der Waals surface area (Å²) in [6, 6.07) is 5.66. The fourth-order valence-electron chi connectivity index (χ4n) is 2.52. The number of ether oxygens (including phenoxy) is 2. The molecule has 0 saturated carbocycles. The van der Waals surface area contributed by atoms with Crippen LogP contribution in [0.5, 0.6) is 11.5 Å². The fraction of sp³-hybridized carbons (Fsp3) is 0.500. The third kappa shape index (κ3) is 2.83. The summed E-state index contributed by atoms with van der Waals surface area (Å²) in [5, 5.41) is 3.27. The lowest BCUT2D eigenvalue weighted by atomic mass is 10.1. The van der Waals surface area contributed by atoms with Crippen molar-refractivity contribution in [3.05, 3.63) is 23.8 Å². The lowest BCUT2D eigenvalue weighted by Gasteiger charge is -2.25. The second kappa shape index (κ2) is 6.33. The number of nitrogens with one attached hydrogen (secondary N) is 1. The van der Waals surface area contributed by atoms with Gasteiger partial charge in [-0.05, 0) is 31.2 Å². The van der Waals surface area contributed by atoms with Crippen molar-refractivity contribution in [1.29, 1.82) is 0 Å². The summed E-state index contributed by atoms with van der Waals surface area (Å²) in [6.45, 7) is 2.94. The highest BCUT2D eigenvalue weighted by atomic mass is 35.5. The molecule has 1 N–H and O–H groups in total. The predicted molar refractivity (Wildman–Crippen MR) is 78.0 cm³/mol. The Morgan fingerprint density at radius 1 is 1.30 bits per heavy atom. The van der Waals surface area contributed by atoms with Gasteiger partial charge in [0.25, 0.3) is 5.91 Å². The maximum Gasteiger partial charge on any atom is 0.254 e. The van der Waals surface area contributed by atoms with Crippen molar-refractivity contribution < 1.29 is 14.3 Å². The van der Waals surface area contributed by atoms with E-state index in [0.29, 0.717) is 30.3 Å². The van der Waals surface area contributed by atoms with Gasteiger partial charge in [0.15, 0.2) is 11.5 Å². The van der Waals surface area contributed by atoms with Crippen molar-refractivity contribution in [1.82, 2.24) is 10.2 Å². The van der Waals surface area contributed by atoms with E-state index in [-0.39, 0.29) is 24.4 Å². The largest absolute Gasteiger partial charge is 0.486 e. The zero-order chi connectivity index (χ0) is 13.2. The number of carbonyl (C=O) groups is 1. The van der Waals surface area contributed by atoms with Crippen molar-refractivity contribution in [3.63, 3.8) is 0 Å². The van der Waals surface area contributed by atoms with E-state index in [9.17, 15) is 4.79 Å². The van der Waals surface area contributed by atoms with Crippen LogP contribution >= 0.6 is 12.4 Å². The molecule has 1 amide bonds. The van der Waals surface area contributed by atoms with E-state index in [1.165, 1.54) is 0 Å². The molecule has 0 aromatic heterocycles. The second-order valence-corrected chi connectivity index (χ2v) is 4.92. The molecule has 0 aliphatic carbocycles. The summed E-state index contributed by atoms with van der Waals surface area (Å²) in [5.41, 5.74) is 0.652. The molecule has 0 bridgehead atoms. The first-order valence-corrected chi connectivity index (χ1v) is 6.63. The molecule has 0 unspecified atom stereocenters. The first kappa shape index (κ1) is 14.9. The molecule has 6 heteroatoms. The van der Waals surface area contributed by atoms with Crippen LogP contribution in [-0.4, -0.2) is 50.2 Å². The molecule has 2 aliphatic rings. The first-order chi connectivity index (χ1) is 9.25. The minimum absolute atomic E-state index is 0. The van der Waals surface area contributed by atoms with Crippen molar-refractivity contribution in [2.45, 2.75) is 12.5 Å². The number of carbonyl (C=O) groups excluding carboxylic acids is 1. The fourth-order valence-corrected chi connectivity index (χ4v) is 2.52. The Labute approximate surface area is 124 Å². The third-order valence-electron chi connectivity index (χ3n) is 3.69. The van der Waals surface area contributed by atoms with Gasteiger partial charge in [-0.2, -0.15) is 0 Å². The number of hydrogen-bond donors (Lipinski definition) is 1. The van der Waals surface area contributed by atoms with Crippen LogP contribution in [0.15, 0.2) is 18.2 Å². The summed E-state index contributed by atoms with van der Waals surface area (Å²) in [5.74, 6) is 1.41. The van der Waals surface area contributed by atoms with E-state index in [2.05, 4.69) is 5.32 Å². The minimum atomic E-state index is 0. The monoisotopic (exact) mass is 298 g/mol. The zero-order valence-electron chi connectivity index (χ0n) is 11.4. The number of amides is 1. The molecule has 20 heavy (non-hydrogen) atoms. The quantitative estimate of drug-likeness (QED) is 0.894. The van der Waals surface area contributed by atoms with Gasteiger partial charge in [0.05, 0.1) is 0 Å². The Kier molecular flexibility index (Phi) is 4.73. The SMILES string of the molecule is CN(C(=O)c1ccc2c(c1)OCCO2)[C@H]1CCNC1.Cl. The van der Waals surface area contributed by atoms with Crippen molar-refractivity contribution in [2.75, 3.05) is 33.4 Å². The molecule has 2 aliphatic heterocycles. The van der Waals surface area contributed by atoms with E-state index < -0.39 is 0 Å². The number of nitrogens with zero attached hydrogens (tertiary/aromatic N) is 1. The molecule has 3 rings (SSSR count). The summed E-state index contributed by atoms with van der Waals surface area (Å²) in [4.78, 5) is 14.2. The van der Waals surface area contributed by atoms with Gasteiger partial charge in [0.2, 0.25) is 0 Å². The van der Waals surface area contributed by atoms with Gasteiger partial charge in [-0.25, -0.2) is 0 Å². The van der Waals surface area contributed by atoms with E-state index in [1.807, 2.05) is 18.0 Å². The molecule has 1 saturated heterocycles. The highest BCUT2D eigenvalue weighted by molar-refractivity contribution is 5.95. The second-order valence-electron chi connectivity index (χ2n) is 4.92. The molecule has 110 valence electrons. The number of rotatable bonds is 2. The van der Waals surface area contributed by atoms with Crippen LogP contribution in [0.2, 0.25) is 0 Å². The van der Waals surface area contributed by atoms with Gasteiger partial charge in [0, 0.05) is 25.2 Å². The maximum absolute atomic E-state index is 12.4. The number of benzene rings is 1. The van der Waals surface area contributed by atoms with Crippen LogP contribution in [-0.2, 0) is 0 Å². The Morgan fingerprint density at radius 2 is 2.05 bits per heavy atom. The van der Waals surface area contributed by atoms with Gasteiger partial charge in [-0.1, -0.05) is 0 Å². The van der Waals surface area contributed by atoms with Crippen LogP contribution in [0.1, 0.15) is 16.8 Å². The van der Waals surface area contributed by atoms with Gasteiger partial charge in [0.1, 0.15) is 13.2 Å². The lowest BCUT2D eigenvalue weighted by Crippen LogP contribution is -2.38. The first-order valence-electron chi connectivity index (χ1n) is 6.63. The smallest absolute Gasteiger partial charge is 0.254 e. The summed E-state index contributed by atoms with van der Waals surface area (Å²) in [6.07, 6.45) is 1.01. The van der Waals surface area contributed by atoms with Crippen molar-refractivity contribution in [3.8, 4) is 11.5 Å². The number of hydrogen-bond acceptors (Lipinski definition) is 4. The van der Waals surface area contributed by atoms with Gasteiger partial charge < -0.3 is 19.7 Å².